The molecule has 2 unspecified atom stereocenters. The number of carbonyl (C=O) groups is 1. The number of hydrogen-bond donors (Lipinski definition) is 0. The van der Waals surface area contributed by atoms with E-state index in [0.29, 0.717) is 18.3 Å². The maximum absolute atomic E-state index is 12.0. The summed E-state index contributed by atoms with van der Waals surface area (Å²) in [5.74, 6) is 1.24. The Bertz CT molecular complexity index is 225. The van der Waals surface area contributed by atoms with Crippen LogP contribution in [0.4, 0.5) is 0 Å². The summed E-state index contributed by atoms with van der Waals surface area (Å²) in [5.41, 5.74) is 0. The van der Waals surface area contributed by atoms with Gasteiger partial charge in [-0.25, -0.2) is 0 Å². The molecule has 1 saturated heterocycles. The van der Waals surface area contributed by atoms with E-state index in [1.165, 1.54) is 44.9 Å². The summed E-state index contributed by atoms with van der Waals surface area (Å²) in [5, 5.41) is 0. The minimum absolute atomic E-state index is 0.236. The fourth-order valence-electron chi connectivity index (χ4n) is 3.01. The van der Waals surface area contributed by atoms with Crippen LogP contribution in [0.25, 0.3) is 0 Å². The van der Waals surface area contributed by atoms with Gasteiger partial charge in [0.25, 0.3) is 0 Å². The van der Waals surface area contributed by atoms with Crippen LogP contribution in [0.5, 0.6) is 0 Å². The van der Waals surface area contributed by atoms with E-state index >= 15 is 0 Å². The molecule has 2 rings (SSSR count). The predicted octanol–water partition coefficient (Wildman–Crippen LogP) is 3.34. The van der Waals surface area contributed by atoms with Crippen LogP contribution in [0.2, 0.25) is 0 Å². The zero-order valence-corrected chi connectivity index (χ0v) is 10.2. The fraction of sp³-hybridized carbons (Fsp3) is 0.929. The molecule has 0 amide bonds. The molecule has 2 atom stereocenters. The number of carbonyl (C=O) groups excluding carboxylic acids is 1. The molecule has 1 saturated carbocycles. The molecule has 0 radical (unpaired) electrons. The lowest BCUT2D eigenvalue weighted by Crippen LogP contribution is -2.22. The Hall–Kier alpha value is -0.370. The number of hydrogen-bond acceptors (Lipinski definition) is 2. The van der Waals surface area contributed by atoms with Crippen molar-refractivity contribution in [2.24, 2.45) is 11.8 Å². The van der Waals surface area contributed by atoms with E-state index in [9.17, 15) is 4.79 Å². The highest BCUT2D eigenvalue weighted by Crippen LogP contribution is 2.29. The molecule has 0 bridgehead atoms. The lowest BCUT2D eigenvalue weighted by atomic mass is 9.85. The SMILES string of the molecule is O=C1CCCCCCCCCC2COCC12. The van der Waals surface area contributed by atoms with Gasteiger partial charge in [0.2, 0.25) is 0 Å². The van der Waals surface area contributed by atoms with Crippen LogP contribution in [-0.4, -0.2) is 19.0 Å². The monoisotopic (exact) mass is 224 g/mol. The summed E-state index contributed by atoms with van der Waals surface area (Å²) < 4.78 is 5.50. The Balaban J connectivity index is 1.88. The lowest BCUT2D eigenvalue weighted by Gasteiger charge is -2.17. The summed E-state index contributed by atoms with van der Waals surface area (Å²) in [7, 11) is 0. The van der Waals surface area contributed by atoms with Crippen LogP contribution in [0.3, 0.4) is 0 Å². The minimum atomic E-state index is 0.236. The molecule has 1 heterocycles. The third-order valence-electron chi connectivity index (χ3n) is 4.11. The van der Waals surface area contributed by atoms with E-state index in [2.05, 4.69) is 0 Å². The van der Waals surface area contributed by atoms with E-state index in [-0.39, 0.29) is 5.92 Å². The minimum Gasteiger partial charge on any atom is -0.380 e. The third-order valence-corrected chi connectivity index (χ3v) is 4.11. The molecule has 0 aromatic rings. The summed E-state index contributed by atoms with van der Waals surface area (Å²) >= 11 is 0. The third kappa shape index (κ3) is 3.31. The Kier molecular flexibility index (Phi) is 4.83. The van der Waals surface area contributed by atoms with Crippen molar-refractivity contribution in [1.29, 1.82) is 0 Å². The second-order valence-corrected chi connectivity index (χ2v) is 5.38. The molecule has 0 spiro atoms. The molecule has 2 fully saturated rings. The van der Waals surface area contributed by atoms with Gasteiger partial charge in [0, 0.05) is 12.3 Å². The second kappa shape index (κ2) is 6.39. The summed E-state index contributed by atoms with van der Waals surface area (Å²) in [6.45, 7) is 1.53. The molecular weight excluding hydrogens is 200 g/mol. The van der Waals surface area contributed by atoms with Crippen LogP contribution in [0, 0.1) is 11.8 Å². The summed E-state index contributed by atoms with van der Waals surface area (Å²) in [6, 6.07) is 0. The van der Waals surface area contributed by atoms with Gasteiger partial charge in [0.15, 0.2) is 0 Å². The molecule has 0 aromatic carbocycles. The Morgan fingerprint density at radius 2 is 1.56 bits per heavy atom. The van der Waals surface area contributed by atoms with Gasteiger partial charge in [0.1, 0.15) is 5.78 Å². The summed E-state index contributed by atoms with van der Waals surface area (Å²) in [4.78, 5) is 12.0. The van der Waals surface area contributed by atoms with Gasteiger partial charge < -0.3 is 4.74 Å². The van der Waals surface area contributed by atoms with Crippen LogP contribution >= 0.6 is 0 Å². The molecule has 92 valence electrons. The van der Waals surface area contributed by atoms with E-state index < -0.39 is 0 Å². The average Bonchev–Trinajstić information content (AvgIpc) is 2.73. The quantitative estimate of drug-likeness (QED) is 0.631. The molecule has 2 heteroatoms. The summed E-state index contributed by atoms with van der Waals surface area (Å²) in [6.07, 6.45) is 11.0. The molecule has 16 heavy (non-hydrogen) atoms. The zero-order chi connectivity index (χ0) is 11.2. The normalized spacial score (nSPS) is 33.9. The van der Waals surface area contributed by atoms with E-state index in [4.69, 9.17) is 4.74 Å². The molecule has 0 N–H and O–H groups in total. The first kappa shape index (κ1) is 12.1. The van der Waals surface area contributed by atoms with Crippen LogP contribution in [0.15, 0.2) is 0 Å². The van der Waals surface area contributed by atoms with Crippen molar-refractivity contribution in [3.05, 3.63) is 0 Å². The highest BCUT2D eigenvalue weighted by Gasteiger charge is 2.32. The van der Waals surface area contributed by atoms with Crippen LogP contribution < -0.4 is 0 Å². The Labute approximate surface area is 98.7 Å². The maximum atomic E-state index is 12.0. The van der Waals surface area contributed by atoms with E-state index in [1.807, 2.05) is 0 Å². The van der Waals surface area contributed by atoms with Gasteiger partial charge in [-0.15, -0.1) is 0 Å². The molecule has 1 aliphatic heterocycles. The van der Waals surface area contributed by atoms with Gasteiger partial charge in [0.05, 0.1) is 13.2 Å². The number of fused-ring (bicyclic) bond motifs is 1. The highest BCUT2D eigenvalue weighted by atomic mass is 16.5. The predicted molar refractivity (Wildman–Crippen MR) is 64.4 cm³/mol. The topological polar surface area (TPSA) is 26.3 Å². The lowest BCUT2D eigenvalue weighted by molar-refractivity contribution is -0.124. The first-order valence-corrected chi connectivity index (χ1v) is 6.98. The van der Waals surface area contributed by atoms with Crippen molar-refractivity contribution in [3.63, 3.8) is 0 Å². The molecule has 2 aliphatic rings. The average molecular weight is 224 g/mol. The van der Waals surface area contributed by atoms with Gasteiger partial charge in [-0.2, -0.15) is 0 Å². The second-order valence-electron chi connectivity index (χ2n) is 5.38. The first-order chi connectivity index (χ1) is 7.88. The van der Waals surface area contributed by atoms with Crippen molar-refractivity contribution >= 4 is 5.78 Å². The molecule has 1 aliphatic carbocycles. The number of ketones is 1. The van der Waals surface area contributed by atoms with Crippen LogP contribution in [0.1, 0.15) is 57.8 Å². The maximum Gasteiger partial charge on any atom is 0.138 e. The zero-order valence-electron chi connectivity index (χ0n) is 10.2. The van der Waals surface area contributed by atoms with Crippen molar-refractivity contribution in [1.82, 2.24) is 0 Å². The van der Waals surface area contributed by atoms with Crippen molar-refractivity contribution in [3.8, 4) is 0 Å². The molecular formula is C14H24O2. The Morgan fingerprint density at radius 1 is 0.875 bits per heavy atom. The van der Waals surface area contributed by atoms with Crippen molar-refractivity contribution < 1.29 is 9.53 Å². The van der Waals surface area contributed by atoms with Gasteiger partial charge in [-0.05, 0) is 18.8 Å². The van der Waals surface area contributed by atoms with Gasteiger partial charge in [-0.3, -0.25) is 4.79 Å². The van der Waals surface area contributed by atoms with Crippen LogP contribution in [-0.2, 0) is 9.53 Å². The number of ether oxygens (including phenoxy) is 1. The number of Topliss-reactive ketones (excluding diaryl/α,β-unsaturated/α-hetero) is 1. The fourth-order valence-corrected chi connectivity index (χ4v) is 3.01. The standard InChI is InChI=1S/C14H24O2/c15-14-9-7-5-3-1-2-4-6-8-12-10-16-11-13(12)14/h12-13H,1-11H2. The highest BCUT2D eigenvalue weighted by molar-refractivity contribution is 5.81. The first-order valence-electron chi connectivity index (χ1n) is 6.98. The molecule has 0 aromatic heterocycles. The Morgan fingerprint density at radius 3 is 2.38 bits per heavy atom. The van der Waals surface area contributed by atoms with Crippen molar-refractivity contribution in [2.45, 2.75) is 57.8 Å². The van der Waals surface area contributed by atoms with Gasteiger partial charge >= 0.3 is 0 Å². The van der Waals surface area contributed by atoms with E-state index in [1.54, 1.807) is 0 Å². The van der Waals surface area contributed by atoms with E-state index in [0.717, 1.165) is 19.4 Å². The smallest absolute Gasteiger partial charge is 0.138 e. The molecule has 2 nitrogen and oxygen atoms in total. The number of rotatable bonds is 0. The van der Waals surface area contributed by atoms with Gasteiger partial charge in [-0.1, -0.05) is 38.5 Å². The van der Waals surface area contributed by atoms with Crippen molar-refractivity contribution in [2.75, 3.05) is 13.2 Å². The largest absolute Gasteiger partial charge is 0.380 e.